The molecule has 0 saturated heterocycles. The molecule has 2 rings (SSSR count). The predicted molar refractivity (Wildman–Crippen MR) is 70.8 cm³/mol. The molecule has 0 spiro atoms. The van der Waals surface area contributed by atoms with Gasteiger partial charge < -0.3 is 20.6 Å². The first-order valence-corrected chi connectivity index (χ1v) is 5.75. The van der Waals surface area contributed by atoms with Crippen molar-refractivity contribution in [3.8, 4) is 5.75 Å². The van der Waals surface area contributed by atoms with Crippen LogP contribution in [0.5, 0.6) is 5.75 Å². The number of aromatic nitrogens is 1. The summed E-state index contributed by atoms with van der Waals surface area (Å²) in [5, 5.41) is 20.3. The van der Waals surface area contributed by atoms with Gasteiger partial charge in [0, 0.05) is 18.7 Å². The van der Waals surface area contributed by atoms with E-state index >= 15 is 0 Å². The van der Waals surface area contributed by atoms with Crippen molar-refractivity contribution in [2.45, 2.75) is 12.5 Å². The number of aromatic amines is 1. The van der Waals surface area contributed by atoms with E-state index < -0.39 is 16.9 Å². The smallest absolute Gasteiger partial charge is 0.320 e. The Labute approximate surface area is 113 Å². The Morgan fingerprint density at radius 1 is 1.60 bits per heavy atom. The standard InChI is InChI=1S/C12H13N3O5/c1-20-9-3-2-8(15(18)19)11-10(9)6(5-14-11)4-7(13)12(16)17/h2-3,5,7,14H,4,13H2,1H3,(H,16,17)/t7-/m0/s1. The summed E-state index contributed by atoms with van der Waals surface area (Å²) in [5.41, 5.74) is 6.26. The maximum Gasteiger partial charge on any atom is 0.320 e. The number of nitro groups is 1. The number of nitrogens with zero attached hydrogens (tertiary/aromatic N) is 1. The monoisotopic (exact) mass is 279 g/mol. The highest BCUT2D eigenvalue weighted by Gasteiger charge is 2.22. The van der Waals surface area contributed by atoms with Crippen molar-refractivity contribution in [1.29, 1.82) is 0 Å². The number of carboxylic acid groups (broad SMARTS) is 1. The molecule has 1 atom stereocenters. The Hall–Kier alpha value is -2.61. The van der Waals surface area contributed by atoms with E-state index in [1.54, 1.807) is 0 Å². The first kappa shape index (κ1) is 13.8. The van der Waals surface area contributed by atoms with Crippen LogP contribution >= 0.6 is 0 Å². The van der Waals surface area contributed by atoms with Gasteiger partial charge in [0.2, 0.25) is 0 Å². The lowest BCUT2D eigenvalue weighted by molar-refractivity contribution is -0.383. The number of nitro benzene ring substituents is 1. The minimum Gasteiger partial charge on any atom is -0.496 e. The number of H-pyrrole nitrogens is 1. The number of hydrogen-bond donors (Lipinski definition) is 3. The second-order valence-corrected chi connectivity index (χ2v) is 4.26. The molecule has 8 nitrogen and oxygen atoms in total. The highest BCUT2D eigenvalue weighted by molar-refractivity contribution is 5.96. The van der Waals surface area contributed by atoms with Crippen molar-refractivity contribution in [3.63, 3.8) is 0 Å². The van der Waals surface area contributed by atoms with Gasteiger partial charge in [0.15, 0.2) is 0 Å². The van der Waals surface area contributed by atoms with Crippen LogP contribution in [-0.4, -0.2) is 34.1 Å². The highest BCUT2D eigenvalue weighted by atomic mass is 16.6. The summed E-state index contributed by atoms with van der Waals surface area (Å²) in [5.74, 6) is -0.705. The van der Waals surface area contributed by atoms with Crippen molar-refractivity contribution in [2.24, 2.45) is 5.73 Å². The van der Waals surface area contributed by atoms with Crippen molar-refractivity contribution in [1.82, 2.24) is 4.98 Å². The number of non-ortho nitro benzene ring substituents is 1. The van der Waals surface area contributed by atoms with Crippen LogP contribution in [0.1, 0.15) is 5.56 Å². The minimum absolute atomic E-state index is 0.0485. The number of hydrogen-bond acceptors (Lipinski definition) is 5. The number of fused-ring (bicyclic) bond motifs is 1. The van der Waals surface area contributed by atoms with Gasteiger partial charge in [-0.2, -0.15) is 0 Å². The number of rotatable bonds is 5. The molecule has 20 heavy (non-hydrogen) atoms. The molecule has 1 heterocycles. The fourth-order valence-electron chi connectivity index (χ4n) is 2.08. The molecule has 4 N–H and O–H groups in total. The summed E-state index contributed by atoms with van der Waals surface area (Å²) < 4.78 is 5.17. The van der Waals surface area contributed by atoms with Gasteiger partial charge in [-0.25, -0.2) is 0 Å². The van der Waals surface area contributed by atoms with Crippen LogP contribution in [0.15, 0.2) is 18.3 Å². The van der Waals surface area contributed by atoms with Crippen LogP contribution in [0.3, 0.4) is 0 Å². The maximum absolute atomic E-state index is 11.0. The summed E-state index contributed by atoms with van der Waals surface area (Å²) in [6.07, 6.45) is 1.57. The average Bonchev–Trinajstić information content (AvgIpc) is 2.81. The molecule has 2 aromatic rings. The zero-order valence-electron chi connectivity index (χ0n) is 10.6. The number of carboxylic acids is 1. The highest BCUT2D eigenvalue weighted by Crippen LogP contribution is 2.35. The molecular weight excluding hydrogens is 266 g/mol. The molecular formula is C12H13N3O5. The van der Waals surface area contributed by atoms with Gasteiger partial charge in [0.05, 0.1) is 17.4 Å². The SMILES string of the molecule is COc1ccc([N+](=O)[O-])c2[nH]cc(C[C@H](N)C(=O)O)c12. The largest absolute Gasteiger partial charge is 0.496 e. The Morgan fingerprint density at radius 3 is 2.85 bits per heavy atom. The third kappa shape index (κ3) is 2.28. The van der Waals surface area contributed by atoms with Gasteiger partial charge in [0.25, 0.3) is 5.69 Å². The molecule has 0 amide bonds. The van der Waals surface area contributed by atoms with E-state index in [0.29, 0.717) is 22.2 Å². The topological polar surface area (TPSA) is 131 Å². The number of ether oxygens (including phenoxy) is 1. The van der Waals surface area contributed by atoms with Gasteiger partial charge in [-0.15, -0.1) is 0 Å². The number of nitrogens with one attached hydrogen (secondary N) is 1. The molecule has 1 aromatic heterocycles. The van der Waals surface area contributed by atoms with Crippen LogP contribution in [0.4, 0.5) is 5.69 Å². The van der Waals surface area contributed by atoms with Crippen LogP contribution in [0.2, 0.25) is 0 Å². The third-order valence-corrected chi connectivity index (χ3v) is 3.03. The zero-order valence-corrected chi connectivity index (χ0v) is 10.6. The van der Waals surface area contributed by atoms with Gasteiger partial charge in [0.1, 0.15) is 17.3 Å². The second-order valence-electron chi connectivity index (χ2n) is 4.26. The Kier molecular flexibility index (Phi) is 3.57. The number of nitrogens with two attached hydrogens (primary N) is 1. The molecule has 0 fully saturated rings. The summed E-state index contributed by atoms with van der Waals surface area (Å²) >= 11 is 0. The van der Waals surface area contributed by atoms with E-state index in [1.165, 1.54) is 25.4 Å². The van der Waals surface area contributed by atoms with Crippen molar-refractivity contribution >= 4 is 22.6 Å². The van der Waals surface area contributed by atoms with E-state index in [-0.39, 0.29) is 12.1 Å². The van der Waals surface area contributed by atoms with Gasteiger partial charge in [-0.3, -0.25) is 14.9 Å². The van der Waals surface area contributed by atoms with E-state index in [1.807, 2.05) is 0 Å². The lowest BCUT2D eigenvalue weighted by Crippen LogP contribution is -2.32. The fourth-order valence-corrected chi connectivity index (χ4v) is 2.08. The zero-order chi connectivity index (χ0) is 14.9. The molecule has 0 aliphatic rings. The van der Waals surface area contributed by atoms with Gasteiger partial charge >= 0.3 is 5.97 Å². The van der Waals surface area contributed by atoms with E-state index in [0.717, 1.165) is 0 Å². The Morgan fingerprint density at radius 2 is 2.30 bits per heavy atom. The fraction of sp³-hybridized carbons (Fsp3) is 0.250. The average molecular weight is 279 g/mol. The first-order valence-electron chi connectivity index (χ1n) is 5.75. The predicted octanol–water partition coefficient (Wildman–Crippen LogP) is 1.04. The lowest BCUT2D eigenvalue weighted by Gasteiger charge is -2.07. The van der Waals surface area contributed by atoms with Gasteiger partial charge in [-0.05, 0) is 11.6 Å². The normalized spacial score (nSPS) is 12.3. The van der Waals surface area contributed by atoms with E-state index in [9.17, 15) is 14.9 Å². The Bertz CT molecular complexity index is 679. The molecule has 1 aromatic carbocycles. The first-order chi connectivity index (χ1) is 9.45. The molecule has 0 aliphatic heterocycles. The van der Waals surface area contributed by atoms with E-state index in [4.69, 9.17) is 15.6 Å². The van der Waals surface area contributed by atoms with Crippen molar-refractivity contribution in [3.05, 3.63) is 34.0 Å². The van der Waals surface area contributed by atoms with Crippen LogP contribution in [-0.2, 0) is 11.2 Å². The van der Waals surface area contributed by atoms with Crippen molar-refractivity contribution in [2.75, 3.05) is 7.11 Å². The molecule has 106 valence electrons. The second kappa shape index (κ2) is 5.17. The quantitative estimate of drug-likeness (QED) is 0.553. The maximum atomic E-state index is 11.0. The molecule has 0 aliphatic carbocycles. The minimum atomic E-state index is -1.14. The van der Waals surface area contributed by atoms with Gasteiger partial charge in [-0.1, -0.05) is 0 Å². The molecule has 0 radical (unpaired) electrons. The summed E-state index contributed by atoms with van der Waals surface area (Å²) in [4.78, 5) is 24.1. The van der Waals surface area contributed by atoms with E-state index in [2.05, 4.69) is 4.98 Å². The molecule has 0 unspecified atom stereocenters. The molecule has 8 heteroatoms. The number of methoxy groups -OCH3 is 1. The summed E-state index contributed by atoms with van der Waals surface area (Å²) in [6, 6.07) is 1.72. The third-order valence-electron chi connectivity index (χ3n) is 3.03. The lowest BCUT2D eigenvalue weighted by atomic mass is 10.0. The van der Waals surface area contributed by atoms with Crippen LogP contribution < -0.4 is 10.5 Å². The van der Waals surface area contributed by atoms with Crippen molar-refractivity contribution < 1.29 is 19.6 Å². The number of carbonyl (C=O) groups is 1. The number of aliphatic carboxylic acids is 1. The Balaban J connectivity index is 2.60. The summed E-state index contributed by atoms with van der Waals surface area (Å²) in [6.45, 7) is 0. The molecule has 0 saturated carbocycles. The van der Waals surface area contributed by atoms with Crippen LogP contribution in [0.25, 0.3) is 10.9 Å². The summed E-state index contributed by atoms with van der Waals surface area (Å²) in [7, 11) is 1.44. The van der Waals surface area contributed by atoms with Crippen LogP contribution in [0, 0.1) is 10.1 Å². The number of benzene rings is 1. The molecule has 0 bridgehead atoms.